The van der Waals surface area contributed by atoms with E-state index in [-0.39, 0.29) is 25.7 Å². The highest BCUT2D eigenvalue weighted by atomic mass is 31.2. The largest absolute Gasteiger partial charge is 0.472 e. The second-order valence-corrected chi connectivity index (χ2v) is 33.1. The summed E-state index contributed by atoms with van der Waals surface area (Å²) in [5.74, 6) is -0.557. The van der Waals surface area contributed by atoms with Gasteiger partial charge in [-0.1, -0.05) is 382 Å². The Bertz CT molecular complexity index is 1940. The fourth-order valence-corrected chi connectivity index (χ4v) is 14.3. The van der Waals surface area contributed by atoms with E-state index in [0.29, 0.717) is 25.7 Å². The number of carbonyl (C=O) groups excluding carboxylic acids is 4. The van der Waals surface area contributed by atoms with E-state index in [4.69, 9.17) is 37.0 Å². The summed E-state index contributed by atoms with van der Waals surface area (Å²) >= 11 is 0. The van der Waals surface area contributed by atoms with E-state index in [1.54, 1.807) is 0 Å². The van der Waals surface area contributed by atoms with Gasteiger partial charge in [-0.3, -0.25) is 37.3 Å². The zero-order chi connectivity index (χ0) is 74.2. The number of aliphatic hydroxyl groups is 1. The average Bonchev–Trinajstić information content (AvgIpc) is 0.925. The number of hydrogen-bond acceptors (Lipinski definition) is 15. The summed E-state index contributed by atoms with van der Waals surface area (Å²) < 4.78 is 68.7. The molecule has 0 saturated heterocycles. The highest BCUT2D eigenvalue weighted by molar-refractivity contribution is 7.47. The first-order valence-corrected chi connectivity index (χ1v) is 45.5. The van der Waals surface area contributed by atoms with Crippen LogP contribution in [0.3, 0.4) is 0 Å². The van der Waals surface area contributed by atoms with Gasteiger partial charge in [0.15, 0.2) is 12.2 Å². The van der Waals surface area contributed by atoms with E-state index in [9.17, 15) is 43.2 Å². The molecule has 0 aliphatic heterocycles. The van der Waals surface area contributed by atoms with Crippen LogP contribution in [0.4, 0.5) is 0 Å². The molecule has 0 bridgehead atoms. The molecule has 101 heavy (non-hydrogen) atoms. The van der Waals surface area contributed by atoms with Gasteiger partial charge in [-0.2, -0.15) is 0 Å². The monoisotopic (exact) mass is 1480 g/mol. The van der Waals surface area contributed by atoms with Crippen LogP contribution in [0.2, 0.25) is 0 Å². The minimum atomic E-state index is -4.96. The fourth-order valence-electron chi connectivity index (χ4n) is 12.7. The maximum atomic E-state index is 13.1. The second kappa shape index (κ2) is 73.6. The molecule has 0 fully saturated rings. The number of carbonyl (C=O) groups is 4. The molecule has 0 saturated carbocycles. The van der Waals surface area contributed by atoms with Gasteiger partial charge in [0.25, 0.3) is 0 Å². The summed E-state index contributed by atoms with van der Waals surface area (Å²) in [6.07, 6.45) is 63.9. The minimum Gasteiger partial charge on any atom is -0.462 e. The third-order valence-electron chi connectivity index (χ3n) is 19.6. The van der Waals surface area contributed by atoms with Gasteiger partial charge >= 0.3 is 39.5 Å². The number of aliphatic hydroxyl groups excluding tert-OH is 1. The van der Waals surface area contributed by atoms with Crippen LogP contribution in [0, 0.1) is 11.8 Å². The van der Waals surface area contributed by atoms with Crippen molar-refractivity contribution in [1.29, 1.82) is 0 Å². The lowest BCUT2D eigenvalue weighted by Gasteiger charge is -2.21. The zero-order valence-electron chi connectivity index (χ0n) is 66.2. The van der Waals surface area contributed by atoms with Gasteiger partial charge < -0.3 is 33.8 Å². The number of esters is 4. The van der Waals surface area contributed by atoms with Crippen molar-refractivity contribution in [3.8, 4) is 0 Å². The van der Waals surface area contributed by atoms with Gasteiger partial charge in [0, 0.05) is 25.7 Å². The molecule has 0 heterocycles. The van der Waals surface area contributed by atoms with Gasteiger partial charge in [-0.25, -0.2) is 9.13 Å². The molecule has 0 aromatic rings. The summed E-state index contributed by atoms with van der Waals surface area (Å²) in [5, 5.41) is 10.6. The van der Waals surface area contributed by atoms with Crippen LogP contribution < -0.4 is 0 Å². The number of phosphoric acid groups is 2. The average molecular weight is 1480 g/mol. The first kappa shape index (κ1) is 99.1. The van der Waals surface area contributed by atoms with Crippen molar-refractivity contribution in [3.05, 3.63) is 0 Å². The molecule has 17 nitrogen and oxygen atoms in total. The Labute approximate surface area is 619 Å². The van der Waals surface area contributed by atoms with Crippen molar-refractivity contribution in [2.75, 3.05) is 39.6 Å². The molecule has 6 atom stereocenters. The molecule has 0 aromatic heterocycles. The van der Waals surface area contributed by atoms with Crippen LogP contribution in [-0.2, 0) is 65.4 Å². The molecule has 0 aliphatic carbocycles. The van der Waals surface area contributed by atoms with Crippen molar-refractivity contribution < 1.29 is 80.2 Å². The van der Waals surface area contributed by atoms with Crippen molar-refractivity contribution in [1.82, 2.24) is 0 Å². The zero-order valence-corrected chi connectivity index (χ0v) is 68.0. The van der Waals surface area contributed by atoms with Crippen molar-refractivity contribution in [2.45, 2.75) is 452 Å². The molecule has 0 spiro atoms. The Hall–Kier alpha value is -1.94. The van der Waals surface area contributed by atoms with Crippen LogP contribution in [0.1, 0.15) is 433 Å². The Morgan fingerprint density at radius 1 is 0.287 bits per heavy atom. The van der Waals surface area contributed by atoms with E-state index in [2.05, 4.69) is 41.5 Å². The number of hydrogen-bond donors (Lipinski definition) is 3. The smallest absolute Gasteiger partial charge is 0.462 e. The van der Waals surface area contributed by atoms with Crippen molar-refractivity contribution >= 4 is 39.5 Å². The maximum absolute atomic E-state index is 13.1. The highest BCUT2D eigenvalue weighted by Crippen LogP contribution is 2.45. The standard InChI is InChI=1S/C82H160O17P2/c1-7-10-12-14-16-18-20-22-23-24-28-31-34-38-41-45-52-58-64-79(84)92-70-77(98-82(87)67-61-55-47-43-39-35-32-29-26-25-27-30-33-36-40-44-50-56-62-74(4)5)72-96-100(88,89)94-68-76(83)69-95-101(90,91)97-73-78(71-93-80(85)65-59-53-49-48-51-57-63-75(6)9-3)99-81(86)66-60-54-46-42-37-21-19-17-15-13-11-8-2/h74-78,83H,7-73H2,1-6H3,(H,88,89)(H,90,91)/t75?,76-,77-,78-/m1/s1. The van der Waals surface area contributed by atoms with Crippen LogP contribution >= 0.6 is 15.6 Å². The summed E-state index contributed by atoms with van der Waals surface area (Å²) in [7, 11) is -9.92. The lowest BCUT2D eigenvalue weighted by Crippen LogP contribution is -2.30. The lowest BCUT2D eigenvalue weighted by molar-refractivity contribution is -0.161. The van der Waals surface area contributed by atoms with Crippen LogP contribution in [0.15, 0.2) is 0 Å². The molecule has 600 valence electrons. The number of phosphoric ester groups is 2. The quantitative estimate of drug-likeness (QED) is 0.0222. The lowest BCUT2D eigenvalue weighted by atomic mass is 10.00. The Kier molecular flexibility index (Phi) is 72.2. The minimum absolute atomic E-state index is 0.107. The summed E-state index contributed by atoms with van der Waals surface area (Å²) in [5.41, 5.74) is 0. The van der Waals surface area contributed by atoms with E-state index >= 15 is 0 Å². The predicted octanol–water partition coefficient (Wildman–Crippen LogP) is 24.7. The summed E-state index contributed by atoms with van der Waals surface area (Å²) in [6, 6.07) is 0. The number of rotatable bonds is 81. The Morgan fingerprint density at radius 3 is 0.752 bits per heavy atom. The third-order valence-corrected chi connectivity index (χ3v) is 21.5. The molecular formula is C82H160O17P2. The number of unbranched alkanes of at least 4 members (excludes halogenated alkanes) is 50. The van der Waals surface area contributed by atoms with E-state index < -0.39 is 97.5 Å². The number of ether oxygens (including phenoxy) is 4. The van der Waals surface area contributed by atoms with Crippen LogP contribution in [0.25, 0.3) is 0 Å². The SMILES string of the molecule is CCCCCCCCCCCCCCCCCCCCC(=O)OC[C@H](COP(=O)(O)OC[C@@H](O)COP(=O)(O)OC[C@@H](COC(=O)CCCCCCCCC(C)CC)OC(=O)CCCCCCCCCCCCCC)OC(=O)CCCCCCCCCCCCCCCCCCCCC(C)C. The fraction of sp³-hybridized carbons (Fsp3) is 0.951. The predicted molar refractivity (Wildman–Crippen MR) is 414 cm³/mol. The van der Waals surface area contributed by atoms with Gasteiger partial charge in [0.2, 0.25) is 0 Å². The summed E-state index contributed by atoms with van der Waals surface area (Å²) in [6.45, 7) is 9.63. The maximum Gasteiger partial charge on any atom is 0.472 e. The molecule has 3 unspecified atom stereocenters. The molecule has 0 radical (unpaired) electrons. The van der Waals surface area contributed by atoms with Gasteiger partial charge in [0.1, 0.15) is 19.3 Å². The van der Waals surface area contributed by atoms with Crippen LogP contribution in [0.5, 0.6) is 0 Å². The van der Waals surface area contributed by atoms with E-state index in [0.717, 1.165) is 108 Å². The summed E-state index contributed by atoms with van der Waals surface area (Å²) in [4.78, 5) is 73.0. The van der Waals surface area contributed by atoms with E-state index in [1.165, 1.54) is 244 Å². The normalized spacial score (nSPS) is 14.2. The molecule has 0 aromatic carbocycles. The van der Waals surface area contributed by atoms with Crippen molar-refractivity contribution in [3.63, 3.8) is 0 Å². The second-order valence-electron chi connectivity index (χ2n) is 30.2. The van der Waals surface area contributed by atoms with Crippen molar-refractivity contribution in [2.24, 2.45) is 11.8 Å². The molecular weight excluding hydrogens is 1320 g/mol. The first-order valence-electron chi connectivity index (χ1n) is 42.5. The van der Waals surface area contributed by atoms with E-state index in [1.807, 2.05) is 0 Å². The first-order chi connectivity index (χ1) is 48.9. The molecule has 0 rings (SSSR count). The van der Waals surface area contributed by atoms with Gasteiger partial charge in [0.05, 0.1) is 26.4 Å². The Morgan fingerprint density at radius 2 is 0.505 bits per heavy atom. The van der Waals surface area contributed by atoms with Gasteiger partial charge in [-0.05, 0) is 37.5 Å². The molecule has 0 amide bonds. The molecule has 0 aliphatic rings. The third kappa shape index (κ3) is 74.7. The Balaban J connectivity index is 5.21. The molecule has 3 N–H and O–H groups in total. The molecule has 19 heteroatoms. The topological polar surface area (TPSA) is 237 Å². The van der Waals surface area contributed by atoms with Crippen LogP contribution in [-0.4, -0.2) is 96.7 Å². The van der Waals surface area contributed by atoms with Gasteiger partial charge in [-0.15, -0.1) is 0 Å². The highest BCUT2D eigenvalue weighted by Gasteiger charge is 2.30.